The molecule has 21 heavy (non-hydrogen) atoms. The molecule has 0 aliphatic rings. The van der Waals surface area contributed by atoms with Gasteiger partial charge in [-0.3, -0.25) is 9.59 Å². The Morgan fingerprint density at radius 2 is 2.10 bits per heavy atom. The van der Waals surface area contributed by atoms with Crippen molar-refractivity contribution in [3.05, 3.63) is 24.0 Å². The van der Waals surface area contributed by atoms with Gasteiger partial charge in [0.05, 0.1) is 0 Å². The number of carboxylic acids is 2. The molecule has 0 amide bonds. The number of rotatable bonds is 7. The summed E-state index contributed by atoms with van der Waals surface area (Å²) in [6.07, 6.45) is 0.278. The van der Waals surface area contributed by atoms with E-state index >= 15 is 0 Å². The standard InChI is InChI=1S/C11H11N3O6S/c12-6-8-9(2-1-5-13-8)21(19,20)14-7(11(17)18)3-4-10(15)16/h1-2,5,7,14H,3-4H2,(H,15,16)(H,17,18)/t7-/m0/s1. The first-order chi connectivity index (χ1) is 9.77. The van der Waals surface area contributed by atoms with Crippen LogP contribution < -0.4 is 4.72 Å². The molecule has 0 spiro atoms. The smallest absolute Gasteiger partial charge is 0.321 e. The molecule has 0 fully saturated rings. The Balaban J connectivity index is 3.04. The van der Waals surface area contributed by atoms with E-state index in [1.165, 1.54) is 12.3 Å². The first-order valence-corrected chi connectivity index (χ1v) is 7.08. The van der Waals surface area contributed by atoms with Gasteiger partial charge < -0.3 is 10.2 Å². The van der Waals surface area contributed by atoms with E-state index in [2.05, 4.69) is 4.98 Å². The second-order valence-corrected chi connectivity index (χ2v) is 5.59. The Morgan fingerprint density at radius 3 is 2.62 bits per heavy atom. The Labute approximate surface area is 119 Å². The number of sulfonamides is 1. The lowest BCUT2D eigenvalue weighted by molar-refractivity contribution is -0.140. The van der Waals surface area contributed by atoms with Gasteiger partial charge in [0.1, 0.15) is 17.0 Å². The Bertz CT molecular complexity index is 694. The van der Waals surface area contributed by atoms with E-state index in [-0.39, 0.29) is 5.69 Å². The Hall–Kier alpha value is -2.51. The third-order valence-electron chi connectivity index (χ3n) is 2.41. The van der Waals surface area contributed by atoms with E-state index in [4.69, 9.17) is 15.5 Å². The van der Waals surface area contributed by atoms with E-state index in [9.17, 15) is 18.0 Å². The van der Waals surface area contributed by atoms with Gasteiger partial charge in [-0.1, -0.05) is 0 Å². The summed E-state index contributed by atoms with van der Waals surface area (Å²) < 4.78 is 26.0. The van der Waals surface area contributed by atoms with Gasteiger partial charge in [0.15, 0.2) is 5.69 Å². The van der Waals surface area contributed by atoms with Gasteiger partial charge in [0.2, 0.25) is 10.0 Å². The summed E-state index contributed by atoms with van der Waals surface area (Å²) in [5.41, 5.74) is -0.382. The topological polar surface area (TPSA) is 157 Å². The van der Waals surface area contributed by atoms with Gasteiger partial charge in [-0.25, -0.2) is 13.4 Å². The minimum atomic E-state index is -4.30. The van der Waals surface area contributed by atoms with Crippen molar-refractivity contribution in [1.82, 2.24) is 9.71 Å². The van der Waals surface area contributed by atoms with Crippen LogP contribution in [0.3, 0.4) is 0 Å². The fourth-order valence-electron chi connectivity index (χ4n) is 1.44. The van der Waals surface area contributed by atoms with Crippen molar-refractivity contribution in [3.8, 4) is 6.07 Å². The normalized spacial score (nSPS) is 12.3. The maximum Gasteiger partial charge on any atom is 0.321 e. The summed E-state index contributed by atoms with van der Waals surface area (Å²) in [7, 11) is -4.30. The number of nitriles is 1. The van der Waals surface area contributed by atoms with Crippen LogP contribution in [0.4, 0.5) is 0 Å². The monoisotopic (exact) mass is 313 g/mol. The van der Waals surface area contributed by atoms with Crippen molar-refractivity contribution in [3.63, 3.8) is 0 Å². The van der Waals surface area contributed by atoms with Gasteiger partial charge in [-0.2, -0.15) is 9.98 Å². The van der Waals surface area contributed by atoms with Crippen LogP contribution in [0, 0.1) is 11.3 Å². The van der Waals surface area contributed by atoms with Gasteiger partial charge in [0.25, 0.3) is 0 Å². The van der Waals surface area contributed by atoms with Crippen molar-refractivity contribution in [2.45, 2.75) is 23.8 Å². The molecule has 3 N–H and O–H groups in total. The summed E-state index contributed by atoms with van der Waals surface area (Å²) in [5, 5.41) is 26.2. The van der Waals surface area contributed by atoms with Gasteiger partial charge in [-0.05, 0) is 18.6 Å². The average molecular weight is 313 g/mol. The lowest BCUT2D eigenvalue weighted by Crippen LogP contribution is -2.41. The second-order valence-electron chi connectivity index (χ2n) is 3.91. The second kappa shape index (κ2) is 6.78. The van der Waals surface area contributed by atoms with Crippen LogP contribution >= 0.6 is 0 Å². The number of aromatic nitrogens is 1. The van der Waals surface area contributed by atoms with Gasteiger partial charge >= 0.3 is 11.9 Å². The highest BCUT2D eigenvalue weighted by molar-refractivity contribution is 7.89. The molecule has 10 heteroatoms. The number of nitrogens with one attached hydrogen (secondary N) is 1. The molecular weight excluding hydrogens is 302 g/mol. The number of hydrogen-bond acceptors (Lipinski definition) is 6. The first-order valence-electron chi connectivity index (χ1n) is 5.60. The van der Waals surface area contributed by atoms with Gasteiger partial charge in [0, 0.05) is 12.6 Å². The van der Waals surface area contributed by atoms with Crippen molar-refractivity contribution >= 4 is 22.0 Å². The number of hydrogen-bond donors (Lipinski definition) is 3. The lowest BCUT2D eigenvalue weighted by Gasteiger charge is -2.14. The number of aliphatic carboxylic acids is 2. The lowest BCUT2D eigenvalue weighted by atomic mass is 10.2. The van der Waals surface area contributed by atoms with Crippen LogP contribution in [-0.4, -0.2) is 41.6 Å². The van der Waals surface area contributed by atoms with Crippen LogP contribution in [-0.2, 0) is 19.6 Å². The molecule has 0 saturated carbocycles. The van der Waals surface area contributed by atoms with E-state index in [0.717, 1.165) is 6.07 Å². The molecule has 112 valence electrons. The minimum Gasteiger partial charge on any atom is -0.481 e. The zero-order chi connectivity index (χ0) is 16.0. The third-order valence-corrected chi connectivity index (χ3v) is 3.91. The quantitative estimate of drug-likeness (QED) is 0.610. The molecule has 0 radical (unpaired) electrons. The van der Waals surface area contributed by atoms with Crippen molar-refractivity contribution < 1.29 is 28.2 Å². The summed E-state index contributed by atoms with van der Waals surface area (Å²) in [6, 6.07) is 2.35. The van der Waals surface area contributed by atoms with E-state index < -0.39 is 45.7 Å². The molecule has 9 nitrogen and oxygen atoms in total. The number of carboxylic acid groups (broad SMARTS) is 2. The van der Waals surface area contributed by atoms with Crippen LogP contribution in [0.25, 0.3) is 0 Å². The van der Waals surface area contributed by atoms with Crippen molar-refractivity contribution in [2.24, 2.45) is 0 Å². The van der Waals surface area contributed by atoms with Crippen molar-refractivity contribution in [1.29, 1.82) is 5.26 Å². The highest BCUT2D eigenvalue weighted by atomic mass is 32.2. The predicted molar refractivity (Wildman–Crippen MR) is 67.6 cm³/mol. The molecule has 0 saturated heterocycles. The predicted octanol–water partition coefficient (Wildman–Crippen LogP) is -0.450. The summed E-state index contributed by atoms with van der Waals surface area (Å²) in [5.74, 6) is -2.76. The largest absolute Gasteiger partial charge is 0.481 e. The average Bonchev–Trinajstić information content (AvgIpc) is 2.42. The molecule has 0 unspecified atom stereocenters. The van der Waals surface area contributed by atoms with Crippen LogP contribution in [0.15, 0.2) is 23.2 Å². The number of carbonyl (C=O) groups is 2. The maximum atomic E-state index is 12.1. The SMILES string of the molecule is N#Cc1ncccc1S(=O)(=O)N[C@@H](CCC(=O)O)C(=O)O. The Morgan fingerprint density at radius 1 is 1.43 bits per heavy atom. The van der Waals surface area contributed by atoms with Crippen LogP contribution in [0.1, 0.15) is 18.5 Å². The molecular formula is C11H11N3O6S. The maximum absolute atomic E-state index is 12.1. The van der Waals surface area contributed by atoms with E-state index in [1.54, 1.807) is 6.07 Å². The number of nitrogens with zero attached hydrogens (tertiary/aromatic N) is 2. The number of pyridine rings is 1. The molecule has 0 aliphatic heterocycles. The third kappa shape index (κ3) is 4.51. The molecule has 1 heterocycles. The summed E-state index contributed by atoms with van der Waals surface area (Å²) >= 11 is 0. The molecule has 1 atom stereocenters. The first kappa shape index (κ1) is 16.5. The molecule has 1 aromatic heterocycles. The molecule has 0 bridgehead atoms. The van der Waals surface area contributed by atoms with E-state index in [1.807, 2.05) is 4.72 Å². The molecule has 1 rings (SSSR count). The molecule has 1 aromatic rings. The highest BCUT2D eigenvalue weighted by Crippen LogP contribution is 2.13. The fourth-order valence-corrected chi connectivity index (χ4v) is 2.77. The van der Waals surface area contributed by atoms with Crippen LogP contribution in [0.2, 0.25) is 0 Å². The van der Waals surface area contributed by atoms with Crippen molar-refractivity contribution in [2.75, 3.05) is 0 Å². The zero-order valence-corrected chi connectivity index (χ0v) is 11.4. The summed E-state index contributed by atoms with van der Waals surface area (Å²) in [4.78, 5) is 24.5. The molecule has 0 aliphatic carbocycles. The molecule has 0 aromatic carbocycles. The fraction of sp³-hybridized carbons (Fsp3) is 0.273. The van der Waals surface area contributed by atoms with Crippen LogP contribution in [0.5, 0.6) is 0 Å². The zero-order valence-electron chi connectivity index (χ0n) is 10.6. The summed E-state index contributed by atoms with van der Waals surface area (Å²) in [6.45, 7) is 0. The minimum absolute atomic E-state index is 0.382. The van der Waals surface area contributed by atoms with Gasteiger partial charge in [-0.15, -0.1) is 0 Å². The van der Waals surface area contributed by atoms with E-state index in [0.29, 0.717) is 0 Å². The highest BCUT2D eigenvalue weighted by Gasteiger charge is 2.27. The Kier molecular flexibility index (Phi) is 5.34.